The molecule has 2 saturated heterocycles. The highest BCUT2D eigenvalue weighted by Gasteiger charge is 2.42. The fraction of sp³-hybridized carbons (Fsp3) is 0.656. The van der Waals surface area contributed by atoms with Crippen molar-refractivity contribution in [3.8, 4) is 6.07 Å². The number of piperidine rings is 1. The normalized spacial score (nSPS) is 23.0. The summed E-state index contributed by atoms with van der Waals surface area (Å²) in [5, 5.41) is 18.2. The van der Waals surface area contributed by atoms with Crippen molar-refractivity contribution in [2.45, 2.75) is 89.8 Å². The number of carbonyl (C=O) groups is 1. The summed E-state index contributed by atoms with van der Waals surface area (Å²) in [5.41, 5.74) is 4.25. The first-order valence-electron chi connectivity index (χ1n) is 15.8. The van der Waals surface area contributed by atoms with Crippen LogP contribution in [0.3, 0.4) is 0 Å². The number of alkyl halides is 2. The van der Waals surface area contributed by atoms with Gasteiger partial charge < -0.3 is 20.0 Å². The number of aromatic nitrogens is 2. The summed E-state index contributed by atoms with van der Waals surface area (Å²) in [6, 6.07) is 6.09. The van der Waals surface area contributed by atoms with Crippen molar-refractivity contribution in [1.29, 1.82) is 5.26 Å². The fourth-order valence-corrected chi connectivity index (χ4v) is 8.27. The van der Waals surface area contributed by atoms with Gasteiger partial charge in [-0.25, -0.2) is 8.78 Å². The number of rotatable bonds is 4. The fourth-order valence-electron chi connectivity index (χ4n) is 8.27. The van der Waals surface area contributed by atoms with Crippen LogP contribution in [-0.2, 0) is 24.2 Å². The molecule has 4 aliphatic heterocycles. The van der Waals surface area contributed by atoms with Crippen LogP contribution in [0.4, 0.5) is 20.3 Å². The lowest BCUT2D eigenvalue weighted by Crippen LogP contribution is -2.57. The van der Waals surface area contributed by atoms with E-state index in [1.165, 1.54) is 50.5 Å². The van der Waals surface area contributed by atoms with E-state index in [2.05, 4.69) is 19.8 Å². The molecule has 1 aromatic heterocycles. The molecule has 2 aromatic rings. The van der Waals surface area contributed by atoms with Gasteiger partial charge in [0.25, 0.3) is 6.43 Å². The molecule has 7 rings (SSSR count). The van der Waals surface area contributed by atoms with Gasteiger partial charge in [-0.2, -0.15) is 10.4 Å². The van der Waals surface area contributed by atoms with E-state index < -0.39 is 6.43 Å². The second kappa shape index (κ2) is 10.9. The third-order valence-electron chi connectivity index (χ3n) is 10.9. The summed E-state index contributed by atoms with van der Waals surface area (Å²) < 4.78 is 30.2. The molecule has 1 N–H and O–H groups in total. The molecular weight excluding hydrogens is 536 g/mol. The number of fused-ring (bicyclic) bond motifs is 2. The van der Waals surface area contributed by atoms with Gasteiger partial charge in [-0.1, -0.05) is 0 Å². The van der Waals surface area contributed by atoms with Crippen LogP contribution >= 0.6 is 0 Å². The van der Waals surface area contributed by atoms with Gasteiger partial charge in [-0.15, -0.1) is 0 Å². The minimum absolute atomic E-state index is 0.0392. The van der Waals surface area contributed by atoms with Gasteiger partial charge in [-0.3, -0.25) is 9.48 Å². The van der Waals surface area contributed by atoms with E-state index in [0.29, 0.717) is 37.1 Å². The zero-order valence-electron chi connectivity index (χ0n) is 24.5. The largest absolute Gasteiger partial charge is 0.338 e. The van der Waals surface area contributed by atoms with E-state index in [-0.39, 0.29) is 17.0 Å². The molecule has 5 aliphatic rings. The maximum atomic E-state index is 14.0. The molecule has 0 unspecified atom stereocenters. The molecule has 1 aliphatic carbocycles. The SMILES string of the molecule is CC(=O)N1CCc2c(c(N3CCCc4cc(C#N)c(C(F)F)cc43)nn2C2CCN(C3CCC4(CC3)CNC4)CC2)C1. The van der Waals surface area contributed by atoms with Crippen LogP contribution in [0.25, 0.3) is 0 Å². The highest BCUT2D eigenvalue weighted by Crippen LogP contribution is 2.44. The van der Waals surface area contributed by atoms with E-state index >= 15 is 0 Å². The predicted molar refractivity (Wildman–Crippen MR) is 156 cm³/mol. The number of anilines is 2. The number of benzene rings is 1. The maximum Gasteiger partial charge on any atom is 0.265 e. The van der Waals surface area contributed by atoms with Gasteiger partial charge in [-0.05, 0) is 74.5 Å². The Hall–Kier alpha value is -3.03. The first-order chi connectivity index (χ1) is 20.4. The lowest BCUT2D eigenvalue weighted by molar-refractivity contribution is -0.129. The Morgan fingerprint density at radius 1 is 1.07 bits per heavy atom. The zero-order chi connectivity index (χ0) is 29.0. The van der Waals surface area contributed by atoms with Crippen LogP contribution < -0.4 is 10.2 Å². The number of likely N-dealkylation sites (tertiary alicyclic amines) is 1. The molecule has 10 heteroatoms. The molecule has 3 fully saturated rings. The first-order valence-corrected chi connectivity index (χ1v) is 15.8. The summed E-state index contributed by atoms with van der Waals surface area (Å²) in [4.78, 5) is 19.1. The molecule has 0 atom stereocenters. The Bertz CT molecular complexity index is 1390. The van der Waals surface area contributed by atoms with Crippen LogP contribution in [0, 0.1) is 16.7 Å². The highest BCUT2D eigenvalue weighted by molar-refractivity contribution is 5.75. The lowest BCUT2D eigenvalue weighted by atomic mass is 9.68. The van der Waals surface area contributed by atoms with Crippen LogP contribution in [0.5, 0.6) is 0 Å². The summed E-state index contributed by atoms with van der Waals surface area (Å²) in [5.74, 6) is 0.827. The minimum Gasteiger partial charge on any atom is -0.338 e. The molecule has 224 valence electrons. The molecule has 1 amide bonds. The van der Waals surface area contributed by atoms with Crippen LogP contribution in [0.1, 0.15) is 92.3 Å². The summed E-state index contributed by atoms with van der Waals surface area (Å²) in [6.45, 7) is 7.97. The molecule has 8 nitrogen and oxygen atoms in total. The minimum atomic E-state index is -2.72. The quantitative estimate of drug-likeness (QED) is 0.560. The molecule has 0 radical (unpaired) electrons. The van der Waals surface area contributed by atoms with Crippen LogP contribution in [0.15, 0.2) is 12.1 Å². The average molecular weight is 578 g/mol. The van der Waals surface area contributed by atoms with Gasteiger partial charge in [0.05, 0.1) is 24.2 Å². The Balaban J connectivity index is 1.17. The third kappa shape index (κ3) is 4.79. The summed E-state index contributed by atoms with van der Waals surface area (Å²) in [6.07, 6.45) is 6.99. The molecule has 5 heterocycles. The Labute approximate surface area is 246 Å². The molecule has 1 aromatic carbocycles. The molecule has 42 heavy (non-hydrogen) atoms. The van der Waals surface area contributed by atoms with Crippen molar-refractivity contribution in [1.82, 2.24) is 24.9 Å². The van der Waals surface area contributed by atoms with Crippen molar-refractivity contribution in [3.05, 3.63) is 40.1 Å². The van der Waals surface area contributed by atoms with Gasteiger partial charge in [0.2, 0.25) is 5.91 Å². The predicted octanol–water partition coefficient (Wildman–Crippen LogP) is 4.85. The number of amides is 1. The van der Waals surface area contributed by atoms with E-state index in [1.807, 2.05) is 11.0 Å². The van der Waals surface area contributed by atoms with Crippen molar-refractivity contribution >= 4 is 17.4 Å². The number of nitrogens with zero attached hydrogens (tertiary/aromatic N) is 6. The molecule has 0 bridgehead atoms. The van der Waals surface area contributed by atoms with Gasteiger partial charge in [0, 0.05) is 81.2 Å². The maximum absolute atomic E-state index is 14.0. The number of nitrogens with one attached hydrogen (secondary N) is 1. The van der Waals surface area contributed by atoms with Gasteiger partial charge in [0.1, 0.15) is 0 Å². The lowest BCUT2D eigenvalue weighted by Gasteiger charge is -2.50. The van der Waals surface area contributed by atoms with Gasteiger partial charge >= 0.3 is 0 Å². The standard InChI is InChI=1S/C32H41F2N7O/c1-21(42)39-14-8-28-27(18-39)31(40-11-2-3-22-15-23(17-35)26(30(33)34)16-29(22)40)37-41(28)25-6-12-38(13-7-25)24-4-9-32(10-5-24)19-36-20-32/h15-16,24-25,30,36H,2-14,18-20H2,1H3. The molecule has 1 saturated carbocycles. The monoisotopic (exact) mass is 577 g/mol. The summed E-state index contributed by atoms with van der Waals surface area (Å²) >= 11 is 0. The smallest absolute Gasteiger partial charge is 0.265 e. The van der Waals surface area contributed by atoms with Crippen molar-refractivity contribution < 1.29 is 13.6 Å². The van der Waals surface area contributed by atoms with Crippen LogP contribution in [-0.4, -0.2) is 70.8 Å². The molecular formula is C32H41F2N7O. The highest BCUT2D eigenvalue weighted by atomic mass is 19.3. The average Bonchev–Trinajstić information content (AvgIpc) is 3.38. The number of aryl methyl sites for hydroxylation is 1. The summed E-state index contributed by atoms with van der Waals surface area (Å²) in [7, 11) is 0. The topological polar surface area (TPSA) is 80.4 Å². The number of hydrogen-bond donors (Lipinski definition) is 1. The van der Waals surface area contributed by atoms with Gasteiger partial charge in [0.15, 0.2) is 5.82 Å². The molecule has 1 spiro atoms. The van der Waals surface area contributed by atoms with E-state index in [0.717, 1.165) is 67.8 Å². The van der Waals surface area contributed by atoms with E-state index in [4.69, 9.17) is 5.10 Å². The second-order valence-electron chi connectivity index (χ2n) is 13.2. The number of halogens is 2. The zero-order valence-corrected chi connectivity index (χ0v) is 24.5. The van der Waals surface area contributed by atoms with Crippen LogP contribution in [0.2, 0.25) is 0 Å². The Kier molecular flexibility index (Phi) is 7.22. The van der Waals surface area contributed by atoms with Crippen molar-refractivity contribution in [2.75, 3.05) is 44.2 Å². The number of nitriles is 1. The van der Waals surface area contributed by atoms with Crippen molar-refractivity contribution in [3.63, 3.8) is 0 Å². The number of carbonyl (C=O) groups excluding carboxylic acids is 1. The first kappa shape index (κ1) is 27.8. The third-order valence-corrected chi connectivity index (χ3v) is 10.9. The Morgan fingerprint density at radius 3 is 2.48 bits per heavy atom. The van der Waals surface area contributed by atoms with E-state index in [9.17, 15) is 18.8 Å². The second-order valence-corrected chi connectivity index (χ2v) is 13.2. The van der Waals surface area contributed by atoms with E-state index in [1.54, 1.807) is 13.0 Å². The Morgan fingerprint density at radius 2 is 1.83 bits per heavy atom. The number of hydrogen-bond acceptors (Lipinski definition) is 6. The van der Waals surface area contributed by atoms with Crippen molar-refractivity contribution in [2.24, 2.45) is 5.41 Å².